The van der Waals surface area contributed by atoms with E-state index in [0.29, 0.717) is 5.92 Å². The minimum atomic E-state index is 0.653. The average Bonchev–Trinajstić information content (AvgIpc) is 1.88. The van der Waals surface area contributed by atoms with E-state index in [1.54, 1.807) is 0 Å². The van der Waals surface area contributed by atoms with Crippen LogP contribution in [-0.4, -0.2) is 7.85 Å². The van der Waals surface area contributed by atoms with Crippen molar-refractivity contribution in [2.75, 3.05) is 0 Å². The first kappa shape index (κ1) is 7.39. The molecule has 0 atom stereocenters. The van der Waals surface area contributed by atoms with Crippen molar-refractivity contribution in [3.05, 3.63) is 29.8 Å². The summed E-state index contributed by atoms with van der Waals surface area (Å²) in [6, 6.07) is 8.71. The first-order chi connectivity index (χ1) is 4.70. The van der Waals surface area contributed by atoms with Crippen molar-refractivity contribution in [1.29, 1.82) is 0 Å². The largest absolute Gasteiger partial charge is 0.139 e. The molecule has 52 valence electrons. The summed E-state index contributed by atoms with van der Waals surface area (Å²) in [5.74, 6) is 0.653. The van der Waals surface area contributed by atoms with Crippen LogP contribution in [0, 0.1) is 0 Å². The van der Waals surface area contributed by atoms with Crippen LogP contribution >= 0.6 is 0 Å². The molecule has 0 aliphatic carbocycles. The summed E-state index contributed by atoms with van der Waals surface area (Å²) in [5, 5.41) is 0. The highest BCUT2D eigenvalue weighted by Crippen LogP contribution is 2.10. The molecule has 0 aliphatic rings. The molecule has 0 unspecified atom stereocenters. The molecule has 0 heterocycles. The Bertz CT molecular complexity index is 198. The van der Waals surface area contributed by atoms with Crippen molar-refractivity contribution in [2.24, 2.45) is 0 Å². The van der Waals surface area contributed by atoms with Gasteiger partial charge in [0.2, 0.25) is 0 Å². The molecular weight excluding hydrogens is 119 g/mol. The quantitative estimate of drug-likeness (QED) is 0.501. The lowest BCUT2D eigenvalue weighted by atomic mass is 9.93. The van der Waals surface area contributed by atoms with Gasteiger partial charge in [0.15, 0.2) is 0 Å². The molecule has 1 heteroatoms. The molecule has 0 fully saturated rings. The van der Waals surface area contributed by atoms with Gasteiger partial charge in [0.05, 0.1) is 0 Å². The molecule has 0 bridgehead atoms. The fourth-order valence-electron chi connectivity index (χ4n) is 0.951. The van der Waals surface area contributed by atoms with E-state index in [2.05, 4.69) is 46.0 Å². The molecule has 0 N–H and O–H groups in total. The fraction of sp³-hybridized carbons (Fsp3) is 0.333. The second-order valence-electron chi connectivity index (χ2n) is 3.07. The predicted molar refractivity (Wildman–Crippen MR) is 48.7 cm³/mol. The van der Waals surface area contributed by atoms with Gasteiger partial charge in [0.1, 0.15) is 7.85 Å². The second kappa shape index (κ2) is 2.91. The van der Waals surface area contributed by atoms with Crippen LogP contribution in [0.25, 0.3) is 0 Å². The molecule has 0 saturated carbocycles. The van der Waals surface area contributed by atoms with Gasteiger partial charge in [-0.15, -0.1) is 0 Å². The molecule has 1 aromatic carbocycles. The zero-order valence-electron chi connectivity index (χ0n) is 6.89. The summed E-state index contributed by atoms with van der Waals surface area (Å²) in [6.07, 6.45) is 0. The number of hydrogen-bond donors (Lipinski definition) is 0. The maximum Gasteiger partial charge on any atom is 0.139 e. The van der Waals surface area contributed by atoms with Gasteiger partial charge in [-0.05, 0) is 11.5 Å². The van der Waals surface area contributed by atoms with Crippen LogP contribution in [0.4, 0.5) is 0 Å². The van der Waals surface area contributed by atoms with E-state index >= 15 is 0 Å². The maximum atomic E-state index is 2.21. The number of rotatable bonds is 1. The lowest BCUT2D eigenvalue weighted by molar-refractivity contribution is 0.867. The highest BCUT2D eigenvalue weighted by atomic mass is 14.0. The molecule has 1 rings (SSSR count). The highest BCUT2D eigenvalue weighted by Gasteiger charge is 1.95. The Morgan fingerprint density at radius 1 is 1.10 bits per heavy atom. The molecule has 0 saturated heterocycles. The van der Waals surface area contributed by atoms with Gasteiger partial charge < -0.3 is 0 Å². The summed E-state index contributed by atoms with van der Waals surface area (Å²) in [6.45, 7) is 4.43. The molecule has 0 radical (unpaired) electrons. The second-order valence-corrected chi connectivity index (χ2v) is 3.07. The van der Waals surface area contributed by atoms with E-state index in [1.807, 2.05) is 0 Å². The van der Waals surface area contributed by atoms with Crippen LogP contribution < -0.4 is 5.46 Å². The van der Waals surface area contributed by atoms with Crippen molar-refractivity contribution in [1.82, 2.24) is 0 Å². The van der Waals surface area contributed by atoms with Crippen molar-refractivity contribution in [3.63, 3.8) is 0 Å². The highest BCUT2D eigenvalue weighted by molar-refractivity contribution is 6.32. The molecule has 0 aliphatic heterocycles. The lowest BCUT2D eigenvalue weighted by Gasteiger charge is -2.03. The molecule has 0 aromatic heterocycles. The Morgan fingerprint density at radius 3 is 2.00 bits per heavy atom. The Morgan fingerprint density at radius 2 is 1.60 bits per heavy atom. The lowest BCUT2D eigenvalue weighted by Crippen LogP contribution is -2.00. The first-order valence-electron chi connectivity index (χ1n) is 3.76. The van der Waals surface area contributed by atoms with E-state index in [9.17, 15) is 0 Å². The van der Waals surface area contributed by atoms with E-state index in [1.165, 1.54) is 11.0 Å². The summed E-state index contributed by atoms with van der Waals surface area (Å²) in [7, 11) is 2.12. The van der Waals surface area contributed by atoms with E-state index in [0.717, 1.165) is 0 Å². The molecular formula is C9H13B. The zero-order valence-corrected chi connectivity index (χ0v) is 6.89. The minimum absolute atomic E-state index is 0.653. The van der Waals surface area contributed by atoms with Gasteiger partial charge in [-0.2, -0.15) is 0 Å². The summed E-state index contributed by atoms with van der Waals surface area (Å²) >= 11 is 0. The maximum absolute atomic E-state index is 2.21. The topological polar surface area (TPSA) is 0 Å². The van der Waals surface area contributed by atoms with Crippen LogP contribution in [-0.2, 0) is 0 Å². The Labute approximate surface area is 63.7 Å². The van der Waals surface area contributed by atoms with Crippen molar-refractivity contribution in [3.8, 4) is 0 Å². The monoisotopic (exact) mass is 132 g/mol. The third kappa shape index (κ3) is 1.63. The van der Waals surface area contributed by atoms with Gasteiger partial charge >= 0.3 is 0 Å². The van der Waals surface area contributed by atoms with Gasteiger partial charge in [-0.1, -0.05) is 43.6 Å². The Balaban J connectivity index is 2.89. The van der Waals surface area contributed by atoms with Crippen molar-refractivity contribution in [2.45, 2.75) is 19.8 Å². The molecule has 0 spiro atoms. The van der Waals surface area contributed by atoms with Crippen LogP contribution in [0.1, 0.15) is 25.3 Å². The zero-order chi connectivity index (χ0) is 7.56. The molecule has 1 aromatic rings. The normalized spacial score (nSPS) is 10.3. The van der Waals surface area contributed by atoms with Gasteiger partial charge in [0.25, 0.3) is 0 Å². The summed E-state index contributed by atoms with van der Waals surface area (Å²) in [5.41, 5.74) is 2.76. The van der Waals surface area contributed by atoms with Gasteiger partial charge in [-0.3, -0.25) is 0 Å². The third-order valence-electron chi connectivity index (χ3n) is 1.74. The first-order valence-corrected chi connectivity index (χ1v) is 3.76. The van der Waals surface area contributed by atoms with Crippen molar-refractivity contribution < 1.29 is 0 Å². The van der Waals surface area contributed by atoms with Crippen LogP contribution in [0.15, 0.2) is 24.3 Å². The summed E-state index contributed by atoms with van der Waals surface area (Å²) in [4.78, 5) is 0. The van der Waals surface area contributed by atoms with E-state index in [-0.39, 0.29) is 0 Å². The van der Waals surface area contributed by atoms with Gasteiger partial charge in [0, 0.05) is 0 Å². The Hall–Kier alpha value is -0.715. The molecule has 0 amide bonds. The summed E-state index contributed by atoms with van der Waals surface area (Å²) < 4.78 is 0. The third-order valence-corrected chi connectivity index (χ3v) is 1.74. The predicted octanol–water partition coefficient (Wildman–Crippen LogP) is 1.07. The molecule has 10 heavy (non-hydrogen) atoms. The van der Waals surface area contributed by atoms with Crippen LogP contribution in [0.2, 0.25) is 0 Å². The Kier molecular flexibility index (Phi) is 2.15. The van der Waals surface area contributed by atoms with E-state index in [4.69, 9.17) is 0 Å². The van der Waals surface area contributed by atoms with Gasteiger partial charge in [-0.25, -0.2) is 0 Å². The number of hydrogen-bond acceptors (Lipinski definition) is 0. The SMILES string of the molecule is Bc1ccc(C(C)C)cc1. The standard InChI is InChI=1S/C9H13B/c1-7(2)8-3-5-9(10)6-4-8/h3-7H,10H2,1-2H3. The number of benzene rings is 1. The van der Waals surface area contributed by atoms with Crippen molar-refractivity contribution >= 4 is 13.3 Å². The smallest absolute Gasteiger partial charge is 0.0889 e. The van der Waals surface area contributed by atoms with Crippen LogP contribution in [0.5, 0.6) is 0 Å². The van der Waals surface area contributed by atoms with Crippen LogP contribution in [0.3, 0.4) is 0 Å². The minimum Gasteiger partial charge on any atom is -0.0889 e. The average molecular weight is 132 g/mol. The molecule has 0 nitrogen and oxygen atoms in total. The fourth-order valence-corrected chi connectivity index (χ4v) is 0.951. The van der Waals surface area contributed by atoms with E-state index < -0.39 is 0 Å².